The summed E-state index contributed by atoms with van der Waals surface area (Å²) in [6.45, 7) is 5.60. The summed E-state index contributed by atoms with van der Waals surface area (Å²) >= 11 is 3.44. The van der Waals surface area contributed by atoms with Crippen LogP contribution in [0.15, 0.2) is 46.9 Å². The van der Waals surface area contributed by atoms with Gasteiger partial charge in [0.15, 0.2) is 0 Å². The minimum absolute atomic E-state index is 0.199. The van der Waals surface area contributed by atoms with Crippen LogP contribution in [0.5, 0.6) is 11.5 Å². The molecule has 0 radical (unpaired) electrons. The van der Waals surface area contributed by atoms with Crippen molar-refractivity contribution in [3.8, 4) is 11.5 Å². The third-order valence-corrected chi connectivity index (χ3v) is 4.79. The molecule has 152 valence electrons. The summed E-state index contributed by atoms with van der Waals surface area (Å²) < 4.78 is 12.4. The van der Waals surface area contributed by atoms with Crippen molar-refractivity contribution in [1.82, 2.24) is 0 Å². The van der Waals surface area contributed by atoms with E-state index in [1.54, 1.807) is 6.07 Å². The first-order chi connectivity index (χ1) is 13.6. The number of halogens is 1. The number of benzene rings is 2. The number of unbranched alkanes of at least 4 members (excludes halogenated alkanes) is 4. The Morgan fingerprint density at radius 1 is 0.929 bits per heavy atom. The predicted octanol–water partition coefficient (Wildman–Crippen LogP) is 6.84. The van der Waals surface area contributed by atoms with Crippen molar-refractivity contribution in [2.45, 2.75) is 52.4 Å². The van der Waals surface area contributed by atoms with Gasteiger partial charge in [-0.15, -0.1) is 0 Å². The fourth-order valence-corrected chi connectivity index (χ4v) is 3.07. The van der Waals surface area contributed by atoms with E-state index in [1.807, 2.05) is 36.4 Å². The smallest absolute Gasteiger partial charge is 0.259 e. The number of rotatable bonds is 12. The average Bonchev–Trinajstić information content (AvgIpc) is 2.69. The van der Waals surface area contributed by atoms with E-state index >= 15 is 0 Å². The van der Waals surface area contributed by atoms with Crippen LogP contribution in [-0.2, 0) is 0 Å². The molecule has 0 aliphatic heterocycles. The van der Waals surface area contributed by atoms with Crippen LogP contribution in [0.1, 0.15) is 62.7 Å². The molecule has 4 nitrogen and oxygen atoms in total. The third-order valence-electron chi connectivity index (χ3n) is 4.30. The maximum Gasteiger partial charge on any atom is 0.259 e. The molecule has 0 atom stereocenters. The predicted molar refractivity (Wildman–Crippen MR) is 119 cm³/mol. The van der Waals surface area contributed by atoms with Gasteiger partial charge in [0, 0.05) is 16.2 Å². The second-order valence-corrected chi connectivity index (χ2v) is 7.65. The zero-order valence-electron chi connectivity index (χ0n) is 16.8. The normalized spacial score (nSPS) is 10.5. The molecule has 0 saturated carbocycles. The zero-order valence-corrected chi connectivity index (χ0v) is 18.4. The molecule has 0 unspecified atom stereocenters. The van der Waals surface area contributed by atoms with Gasteiger partial charge in [0.2, 0.25) is 0 Å². The van der Waals surface area contributed by atoms with Gasteiger partial charge in [-0.05, 0) is 43.2 Å². The molecule has 1 amide bonds. The number of nitrogens with one attached hydrogen (secondary N) is 1. The van der Waals surface area contributed by atoms with Crippen molar-refractivity contribution < 1.29 is 14.3 Å². The number of hydrogen-bond donors (Lipinski definition) is 1. The number of carbonyl (C=O) groups is 1. The van der Waals surface area contributed by atoms with E-state index in [2.05, 4.69) is 35.1 Å². The Bertz CT molecular complexity index is 748. The first-order valence-corrected chi connectivity index (χ1v) is 10.9. The maximum absolute atomic E-state index is 12.8. The van der Waals surface area contributed by atoms with E-state index in [-0.39, 0.29) is 5.91 Å². The summed E-state index contributed by atoms with van der Waals surface area (Å²) in [5.41, 5.74) is 1.22. The Kier molecular flexibility index (Phi) is 9.91. The molecule has 0 fully saturated rings. The van der Waals surface area contributed by atoms with Crippen LogP contribution in [0.3, 0.4) is 0 Å². The molecule has 28 heavy (non-hydrogen) atoms. The largest absolute Gasteiger partial charge is 0.494 e. The molecule has 0 aromatic heterocycles. The average molecular weight is 448 g/mol. The highest BCUT2D eigenvalue weighted by Gasteiger charge is 2.14. The molecule has 0 heterocycles. The van der Waals surface area contributed by atoms with Crippen LogP contribution < -0.4 is 14.8 Å². The van der Waals surface area contributed by atoms with Crippen molar-refractivity contribution in [2.24, 2.45) is 0 Å². The van der Waals surface area contributed by atoms with E-state index in [0.717, 1.165) is 35.9 Å². The van der Waals surface area contributed by atoms with Gasteiger partial charge in [-0.1, -0.05) is 61.5 Å². The second-order valence-electron chi connectivity index (χ2n) is 6.73. The second kappa shape index (κ2) is 12.4. The Morgan fingerprint density at radius 3 is 2.50 bits per heavy atom. The van der Waals surface area contributed by atoms with Crippen molar-refractivity contribution >= 4 is 27.5 Å². The van der Waals surface area contributed by atoms with Crippen LogP contribution in [-0.4, -0.2) is 19.1 Å². The van der Waals surface area contributed by atoms with Crippen LogP contribution in [0.25, 0.3) is 0 Å². The van der Waals surface area contributed by atoms with Crippen molar-refractivity contribution in [3.63, 3.8) is 0 Å². The fourth-order valence-electron chi connectivity index (χ4n) is 2.71. The minimum Gasteiger partial charge on any atom is -0.494 e. The molecule has 2 rings (SSSR count). The molecule has 1 N–H and O–H groups in total. The fraction of sp³-hybridized carbons (Fsp3) is 0.435. The van der Waals surface area contributed by atoms with Crippen molar-refractivity contribution in [3.05, 3.63) is 52.5 Å². The number of ether oxygens (including phenoxy) is 2. The van der Waals surface area contributed by atoms with E-state index in [9.17, 15) is 4.79 Å². The van der Waals surface area contributed by atoms with Crippen molar-refractivity contribution in [1.29, 1.82) is 0 Å². The highest BCUT2D eigenvalue weighted by molar-refractivity contribution is 9.10. The van der Waals surface area contributed by atoms with Gasteiger partial charge in [-0.2, -0.15) is 0 Å². The van der Waals surface area contributed by atoms with E-state index in [1.165, 1.54) is 12.8 Å². The van der Waals surface area contributed by atoms with Gasteiger partial charge in [0.05, 0.1) is 18.8 Å². The molecule has 0 saturated heterocycles. The molecule has 5 heteroatoms. The number of hydrogen-bond acceptors (Lipinski definition) is 3. The Labute approximate surface area is 176 Å². The quantitative estimate of drug-likeness (QED) is 0.362. The minimum atomic E-state index is -0.199. The van der Waals surface area contributed by atoms with E-state index in [0.29, 0.717) is 30.2 Å². The summed E-state index contributed by atoms with van der Waals surface area (Å²) in [4.78, 5) is 12.8. The number of amides is 1. The van der Waals surface area contributed by atoms with Gasteiger partial charge in [-0.25, -0.2) is 0 Å². The summed E-state index contributed by atoms with van der Waals surface area (Å²) in [6.07, 6.45) is 6.61. The summed E-state index contributed by atoms with van der Waals surface area (Å²) in [7, 11) is 0. The molecule has 2 aromatic carbocycles. The molecule has 0 spiro atoms. The highest BCUT2D eigenvalue weighted by atomic mass is 79.9. The molecule has 0 bridgehead atoms. The molecule has 0 aliphatic carbocycles. The van der Waals surface area contributed by atoms with Gasteiger partial charge in [0.1, 0.15) is 11.5 Å². The van der Waals surface area contributed by atoms with E-state index in [4.69, 9.17) is 9.47 Å². The van der Waals surface area contributed by atoms with Gasteiger partial charge in [-0.3, -0.25) is 4.79 Å². The number of carbonyl (C=O) groups excluding carboxylic acids is 1. The lowest BCUT2D eigenvalue weighted by Crippen LogP contribution is -2.14. The molecular formula is C23H30BrNO3. The Balaban J connectivity index is 2.02. The molecule has 2 aromatic rings. The van der Waals surface area contributed by atoms with Gasteiger partial charge < -0.3 is 14.8 Å². The van der Waals surface area contributed by atoms with Gasteiger partial charge >= 0.3 is 0 Å². The first kappa shape index (κ1) is 22.3. The molecule has 0 aliphatic rings. The summed E-state index contributed by atoms with van der Waals surface area (Å²) in [5, 5.41) is 2.95. The van der Waals surface area contributed by atoms with Crippen LogP contribution in [0, 0.1) is 0 Å². The Hall–Kier alpha value is -2.01. The lowest BCUT2D eigenvalue weighted by atomic mass is 10.1. The highest BCUT2D eigenvalue weighted by Crippen LogP contribution is 2.26. The lowest BCUT2D eigenvalue weighted by molar-refractivity contribution is 0.102. The Morgan fingerprint density at radius 2 is 1.71 bits per heavy atom. The van der Waals surface area contributed by atoms with Crippen molar-refractivity contribution in [2.75, 3.05) is 18.5 Å². The topological polar surface area (TPSA) is 47.6 Å². The summed E-state index contributed by atoms with van der Waals surface area (Å²) in [5.74, 6) is 1.16. The maximum atomic E-state index is 12.8. The summed E-state index contributed by atoms with van der Waals surface area (Å²) in [6, 6.07) is 13.0. The lowest BCUT2D eigenvalue weighted by Gasteiger charge is -2.13. The SMILES string of the molecule is CCCCCCOc1ccc(Br)cc1C(=O)Nc1cccc(OCCCC)c1. The zero-order chi connectivity index (χ0) is 20.2. The molecular weight excluding hydrogens is 418 g/mol. The first-order valence-electron chi connectivity index (χ1n) is 10.1. The number of anilines is 1. The van der Waals surface area contributed by atoms with Crippen LogP contribution in [0.2, 0.25) is 0 Å². The standard InChI is InChI=1S/C23H30BrNO3/c1-3-5-7-8-15-28-22-13-12-18(24)16-21(22)23(26)25-19-10-9-11-20(17-19)27-14-6-4-2/h9-13,16-17H,3-8,14-15H2,1-2H3,(H,25,26). The van der Waals surface area contributed by atoms with E-state index < -0.39 is 0 Å². The van der Waals surface area contributed by atoms with Crippen LogP contribution >= 0.6 is 15.9 Å². The van der Waals surface area contributed by atoms with Gasteiger partial charge in [0.25, 0.3) is 5.91 Å². The van der Waals surface area contributed by atoms with Crippen LogP contribution in [0.4, 0.5) is 5.69 Å². The third kappa shape index (κ3) is 7.55. The monoisotopic (exact) mass is 447 g/mol.